The van der Waals surface area contributed by atoms with Gasteiger partial charge in [-0.25, -0.2) is 9.18 Å². The average Bonchev–Trinajstić information content (AvgIpc) is 2.56. The highest BCUT2D eigenvalue weighted by Gasteiger charge is 2.54. The molecule has 1 aromatic carbocycles. The Bertz CT molecular complexity index is 813. The number of rotatable bonds is 3. The Morgan fingerprint density at radius 2 is 1.93 bits per heavy atom. The van der Waals surface area contributed by atoms with Gasteiger partial charge in [0.15, 0.2) is 0 Å². The van der Waals surface area contributed by atoms with Gasteiger partial charge in [0.2, 0.25) is 5.91 Å². The van der Waals surface area contributed by atoms with Gasteiger partial charge in [-0.1, -0.05) is 17.7 Å². The Hall–Kier alpha value is -2.03. The number of halogens is 5. The number of carbonyl (C=O) groups excluding carboxylic acids is 2. The van der Waals surface area contributed by atoms with Crippen LogP contribution in [-0.4, -0.2) is 42.1 Å². The van der Waals surface area contributed by atoms with Gasteiger partial charge in [-0.3, -0.25) is 4.79 Å². The quantitative estimate of drug-likeness (QED) is 0.709. The molecule has 3 rings (SSSR count). The molecule has 0 bridgehead atoms. The third-order valence-electron chi connectivity index (χ3n) is 6.06. The number of hydrogen-bond acceptors (Lipinski definition) is 2. The van der Waals surface area contributed by atoms with E-state index in [4.69, 9.17) is 11.6 Å². The zero-order valence-electron chi connectivity index (χ0n) is 15.9. The van der Waals surface area contributed by atoms with Crippen LogP contribution in [0, 0.1) is 17.7 Å². The van der Waals surface area contributed by atoms with Gasteiger partial charge >= 0.3 is 12.2 Å². The fraction of sp³-hybridized carbons (Fsp3) is 0.579. The second-order valence-electron chi connectivity index (χ2n) is 7.83. The molecular weight excluding hydrogens is 414 g/mol. The molecule has 2 atom stereocenters. The van der Waals surface area contributed by atoms with E-state index >= 15 is 0 Å². The number of carbonyl (C=O) groups is 2. The third kappa shape index (κ3) is 4.15. The van der Waals surface area contributed by atoms with Crippen molar-refractivity contribution in [2.24, 2.45) is 11.8 Å². The van der Waals surface area contributed by atoms with Gasteiger partial charge in [-0.05, 0) is 50.3 Å². The summed E-state index contributed by atoms with van der Waals surface area (Å²) in [5.41, 5.74) is -0.791. The van der Waals surface area contributed by atoms with Crippen LogP contribution < -0.4 is 10.6 Å². The van der Waals surface area contributed by atoms with Crippen molar-refractivity contribution in [1.82, 2.24) is 15.5 Å². The van der Waals surface area contributed by atoms with Gasteiger partial charge in [0.25, 0.3) is 0 Å². The van der Waals surface area contributed by atoms with E-state index in [2.05, 4.69) is 10.6 Å². The predicted octanol–water partition coefficient (Wildman–Crippen LogP) is 3.81. The molecule has 1 aliphatic carbocycles. The lowest BCUT2D eigenvalue weighted by molar-refractivity contribution is -0.210. The van der Waals surface area contributed by atoms with E-state index in [0.717, 1.165) is 6.07 Å². The molecule has 1 aliphatic heterocycles. The molecule has 5 nitrogen and oxygen atoms in total. The number of amides is 3. The summed E-state index contributed by atoms with van der Waals surface area (Å²) >= 11 is 5.88. The van der Waals surface area contributed by atoms with Gasteiger partial charge in [-0.15, -0.1) is 0 Å². The highest BCUT2D eigenvalue weighted by atomic mass is 35.5. The highest BCUT2D eigenvalue weighted by molar-refractivity contribution is 6.30. The van der Waals surface area contributed by atoms with Crippen molar-refractivity contribution in [2.75, 3.05) is 13.1 Å². The summed E-state index contributed by atoms with van der Waals surface area (Å²) in [6.45, 7) is 3.74. The molecule has 1 saturated heterocycles. The fourth-order valence-electron chi connectivity index (χ4n) is 3.94. The SMILES string of the molecule is C[C@@H]1C(=O)NCCN1C(=O)N[C@@](C)(c1ccc(F)c(Cl)c1)[C@H]1C[C@H](C(F)(F)F)C1. The number of piperazine rings is 1. The van der Waals surface area contributed by atoms with Crippen molar-refractivity contribution in [2.45, 2.75) is 44.4 Å². The van der Waals surface area contributed by atoms with Crippen molar-refractivity contribution >= 4 is 23.5 Å². The summed E-state index contributed by atoms with van der Waals surface area (Å²) in [5, 5.41) is 5.28. The van der Waals surface area contributed by atoms with E-state index in [-0.39, 0.29) is 36.9 Å². The van der Waals surface area contributed by atoms with Gasteiger partial charge < -0.3 is 15.5 Å². The highest BCUT2D eigenvalue weighted by Crippen LogP contribution is 2.52. The second-order valence-corrected chi connectivity index (χ2v) is 8.24. The summed E-state index contributed by atoms with van der Waals surface area (Å²) in [7, 11) is 0. The Morgan fingerprint density at radius 3 is 2.52 bits per heavy atom. The molecule has 1 heterocycles. The zero-order valence-corrected chi connectivity index (χ0v) is 16.7. The third-order valence-corrected chi connectivity index (χ3v) is 6.35. The molecule has 0 radical (unpaired) electrons. The topological polar surface area (TPSA) is 61.4 Å². The first-order valence-corrected chi connectivity index (χ1v) is 9.70. The molecule has 0 aromatic heterocycles. The lowest BCUT2D eigenvalue weighted by atomic mass is 9.63. The van der Waals surface area contributed by atoms with E-state index in [1.807, 2.05) is 0 Å². The molecular formula is C19H22ClF4N3O2. The van der Waals surface area contributed by atoms with E-state index in [1.165, 1.54) is 17.0 Å². The minimum absolute atomic E-state index is 0.161. The molecule has 0 unspecified atom stereocenters. The molecule has 0 spiro atoms. The van der Waals surface area contributed by atoms with Crippen molar-refractivity contribution < 1.29 is 27.2 Å². The van der Waals surface area contributed by atoms with Crippen LogP contribution in [0.15, 0.2) is 18.2 Å². The zero-order chi connectivity index (χ0) is 21.6. The van der Waals surface area contributed by atoms with Crippen LogP contribution in [0.2, 0.25) is 5.02 Å². The van der Waals surface area contributed by atoms with Crippen molar-refractivity contribution in [1.29, 1.82) is 0 Å². The monoisotopic (exact) mass is 435 g/mol. The van der Waals surface area contributed by atoms with Crippen LogP contribution in [0.25, 0.3) is 0 Å². The molecule has 2 aliphatic rings. The van der Waals surface area contributed by atoms with E-state index in [0.29, 0.717) is 5.56 Å². The normalized spacial score (nSPS) is 26.9. The largest absolute Gasteiger partial charge is 0.391 e. The molecule has 3 amide bonds. The van der Waals surface area contributed by atoms with Crippen LogP contribution in [0.3, 0.4) is 0 Å². The second kappa shape index (κ2) is 7.66. The van der Waals surface area contributed by atoms with Crippen LogP contribution in [-0.2, 0) is 10.3 Å². The van der Waals surface area contributed by atoms with Crippen molar-refractivity contribution in [3.05, 3.63) is 34.6 Å². The lowest BCUT2D eigenvalue weighted by Crippen LogP contribution is -2.62. The molecule has 1 aromatic rings. The number of urea groups is 1. The fourth-order valence-corrected chi connectivity index (χ4v) is 4.12. The predicted molar refractivity (Wildman–Crippen MR) is 98.7 cm³/mol. The standard InChI is InChI=1S/C19H22ClF4N3O2/c1-10-16(28)25-5-6-27(10)17(29)26-18(2,11-3-4-15(21)14(20)9-11)12-7-13(8-12)19(22,23)24/h3-4,9-10,12-13H,5-8H2,1-2H3,(H,25,28)(H,26,29)/t10-,12-,13-,18+/m1/s1. The summed E-state index contributed by atoms with van der Waals surface area (Å²) in [4.78, 5) is 26.1. The van der Waals surface area contributed by atoms with Gasteiger partial charge in [0, 0.05) is 13.1 Å². The Morgan fingerprint density at radius 1 is 1.28 bits per heavy atom. The first-order chi connectivity index (χ1) is 13.4. The first-order valence-electron chi connectivity index (χ1n) is 9.32. The first kappa shape index (κ1) is 21.7. The summed E-state index contributed by atoms with van der Waals surface area (Å²) in [6, 6.07) is 2.58. The minimum atomic E-state index is -4.30. The summed E-state index contributed by atoms with van der Waals surface area (Å²) in [5.74, 6) is -2.93. The van der Waals surface area contributed by atoms with E-state index < -0.39 is 41.4 Å². The van der Waals surface area contributed by atoms with Crippen LogP contribution in [0.1, 0.15) is 32.3 Å². The lowest BCUT2D eigenvalue weighted by Gasteiger charge is -2.49. The Labute approximate surface area is 170 Å². The van der Waals surface area contributed by atoms with Gasteiger partial charge in [0.05, 0.1) is 16.5 Å². The average molecular weight is 436 g/mol. The van der Waals surface area contributed by atoms with E-state index in [9.17, 15) is 27.2 Å². The smallest absolute Gasteiger partial charge is 0.353 e. The molecule has 2 fully saturated rings. The van der Waals surface area contributed by atoms with Crippen molar-refractivity contribution in [3.63, 3.8) is 0 Å². The van der Waals surface area contributed by atoms with Crippen LogP contribution in [0.4, 0.5) is 22.4 Å². The number of benzene rings is 1. The molecule has 160 valence electrons. The number of nitrogens with zero attached hydrogens (tertiary/aromatic N) is 1. The number of alkyl halides is 3. The maximum absolute atomic E-state index is 13.6. The maximum atomic E-state index is 13.6. The molecule has 2 N–H and O–H groups in total. The maximum Gasteiger partial charge on any atom is 0.391 e. The minimum Gasteiger partial charge on any atom is -0.353 e. The molecule has 29 heavy (non-hydrogen) atoms. The van der Waals surface area contributed by atoms with Crippen LogP contribution >= 0.6 is 11.6 Å². The van der Waals surface area contributed by atoms with Gasteiger partial charge in [0.1, 0.15) is 11.9 Å². The van der Waals surface area contributed by atoms with Gasteiger partial charge in [-0.2, -0.15) is 13.2 Å². The number of nitrogens with one attached hydrogen (secondary N) is 2. The summed E-state index contributed by atoms with van der Waals surface area (Å²) < 4.78 is 52.7. The number of hydrogen-bond donors (Lipinski definition) is 2. The van der Waals surface area contributed by atoms with Crippen molar-refractivity contribution in [3.8, 4) is 0 Å². The van der Waals surface area contributed by atoms with Crippen LogP contribution in [0.5, 0.6) is 0 Å². The summed E-state index contributed by atoms with van der Waals surface area (Å²) in [6.07, 6.45) is -4.63. The van der Waals surface area contributed by atoms with E-state index in [1.54, 1.807) is 13.8 Å². The molecule has 10 heteroatoms. The Balaban J connectivity index is 1.88. The molecule has 1 saturated carbocycles. The Kier molecular flexibility index (Phi) is 5.73.